The molecule has 1 aromatic heterocycles. The van der Waals surface area contributed by atoms with Gasteiger partial charge in [0.1, 0.15) is 5.75 Å². The number of nitrogens with one attached hydrogen (secondary N) is 1. The van der Waals surface area contributed by atoms with E-state index in [0.717, 1.165) is 30.7 Å². The number of hydrogen-bond donors (Lipinski definition) is 1. The fraction of sp³-hybridized carbons (Fsp3) is 0.474. The average molecular weight is 342 g/mol. The first kappa shape index (κ1) is 17.3. The number of carbonyl (C=O) groups excluding carboxylic acids is 1. The molecule has 2 aromatic rings. The van der Waals surface area contributed by atoms with Crippen molar-refractivity contribution in [3.8, 4) is 5.75 Å². The largest absolute Gasteiger partial charge is 0.494 e. The van der Waals surface area contributed by atoms with Crippen molar-refractivity contribution in [1.82, 2.24) is 20.0 Å². The number of benzene rings is 1. The second-order valence-corrected chi connectivity index (χ2v) is 6.43. The lowest BCUT2D eigenvalue weighted by Crippen LogP contribution is -2.44. The van der Waals surface area contributed by atoms with Crippen LogP contribution in [-0.4, -0.2) is 39.9 Å². The molecule has 1 fully saturated rings. The lowest BCUT2D eigenvalue weighted by molar-refractivity contribution is 0.188. The zero-order valence-corrected chi connectivity index (χ0v) is 14.9. The summed E-state index contributed by atoms with van der Waals surface area (Å²) in [5.74, 6) is 0.869. The smallest absolute Gasteiger partial charge is 0.318 e. The summed E-state index contributed by atoms with van der Waals surface area (Å²) in [5.41, 5.74) is 1.16. The van der Waals surface area contributed by atoms with Crippen LogP contribution in [0.3, 0.4) is 0 Å². The highest BCUT2D eigenvalue weighted by Gasteiger charge is 2.30. The predicted molar refractivity (Wildman–Crippen MR) is 96.5 cm³/mol. The zero-order chi connectivity index (χ0) is 17.6. The van der Waals surface area contributed by atoms with Gasteiger partial charge in [0, 0.05) is 25.0 Å². The molecule has 0 unspecified atom stereocenters. The lowest BCUT2D eigenvalue weighted by atomic mass is 10.0. The minimum Gasteiger partial charge on any atom is -0.494 e. The Morgan fingerprint density at radius 1 is 1.40 bits per heavy atom. The van der Waals surface area contributed by atoms with Crippen molar-refractivity contribution in [3.05, 3.63) is 48.3 Å². The summed E-state index contributed by atoms with van der Waals surface area (Å²) in [7, 11) is 0. The van der Waals surface area contributed by atoms with Crippen LogP contribution in [0.15, 0.2) is 42.7 Å². The topological polar surface area (TPSA) is 59.4 Å². The van der Waals surface area contributed by atoms with Gasteiger partial charge in [0.2, 0.25) is 0 Å². The molecule has 2 heterocycles. The van der Waals surface area contributed by atoms with Crippen molar-refractivity contribution < 1.29 is 9.53 Å². The third-order valence-corrected chi connectivity index (χ3v) is 4.48. The third-order valence-electron chi connectivity index (χ3n) is 4.48. The molecule has 6 nitrogen and oxygen atoms in total. The molecule has 0 spiro atoms. The normalized spacial score (nSPS) is 18.2. The van der Waals surface area contributed by atoms with E-state index < -0.39 is 0 Å². The van der Waals surface area contributed by atoms with E-state index in [2.05, 4.69) is 22.5 Å². The van der Waals surface area contributed by atoms with Crippen molar-refractivity contribution in [2.45, 2.75) is 45.3 Å². The van der Waals surface area contributed by atoms with Gasteiger partial charge in [0.15, 0.2) is 0 Å². The predicted octanol–water partition coefficient (Wildman–Crippen LogP) is 3.22. The van der Waals surface area contributed by atoms with E-state index in [1.807, 2.05) is 47.8 Å². The van der Waals surface area contributed by atoms with Crippen LogP contribution in [0.2, 0.25) is 0 Å². The van der Waals surface area contributed by atoms with Crippen LogP contribution in [0.5, 0.6) is 5.75 Å². The number of ether oxygens (including phenoxy) is 1. The summed E-state index contributed by atoms with van der Waals surface area (Å²) in [6.45, 7) is 6.09. The van der Waals surface area contributed by atoms with Gasteiger partial charge in [0.05, 0.1) is 19.2 Å². The average Bonchev–Trinajstić information content (AvgIpc) is 3.27. The molecule has 1 aromatic carbocycles. The first-order chi connectivity index (χ1) is 12.2. The molecule has 0 bridgehead atoms. The van der Waals surface area contributed by atoms with E-state index >= 15 is 0 Å². The number of urea groups is 1. The first-order valence-corrected chi connectivity index (χ1v) is 8.94. The van der Waals surface area contributed by atoms with E-state index in [1.165, 1.54) is 0 Å². The minimum absolute atomic E-state index is 0.00367. The molecule has 0 saturated carbocycles. The summed E-state index contributed by atoms with van der Waals surface area (Å²) < 4.78 is 7.33. The Labute approximate surface area is 148 Å². The molecule has 6 heteroatoms. The van der Waals surface area contributed by atoms with Crippen molar-refractivity contribution in [2.24, 2.45) is 0 Å². The molecule has 1 aliphatic heterocycles. The second-order valence-electron chi connectivity index (χ2n) is 6.43. The summed E-state index contributed by atoms with van der Waals surface area (Å²) in [6.07, 6.45) is 5.67. The number of amides is 2. The molecule has 2 atom stereocenters. The van der Waals surface area contributed by atoms with Crippen molar-refractivity contribution in [3.63, 3.8) is 0 Å². The van der Waals surface area contributed by atoms with Gasteiger partial charge in [-0.25, -0.2) is 4.79 Å². The number of hydrogen-bond acceptors (Lipinski definition) is 3. The van der Waals surface area contributed by atoms with Crippen LogP contribution in [0.1, 0.15) is 38.3 Å². The van der Waals surface area contributed by atoms with Crippen molar-refractivity contribution in [1.29, 1.82) is 0 Å². The fourth-order valence-electron chi connectivity index (χ4n) is 3.34. The number of rotatable bonds is 6. The van der Waals surface area contributed by atoms with E-state index in [4.69, 9.17) is 4.74 Å². The second kappa shape index (κ2) is 8.05. The fourth-order valence-corrected chi connectivity index (χ4v) is 3.34. The van der Waals surface area contributed by atoms with Crippen LogP contribution in [-0.2, 0) is 6.54 Å². The van der Waals surface area contributed by atoms with Gasteiger partial charge in [-0.15, -0.1) is 0 Å². The zero-order valence-electron chi connectivity index (χ0n) is 14.9. The number of carbonyl (C=O) groups is 1. The van der Waals surface area contributed by atoms with Gasteiger partial charge in [-0.05, 0) is 50.5 Å². The van der Waals surface area contributed by atoms with Crippen LogP contribution >= 0.6 is 0 Å². The quantitative estimate of drug-likeness (QED) is 0.877. The maximum Gasteiger partial charge on any atom is 0.318 e. The molecule has 1 saturated heterocycles. The highest BCUT2D eigenvalue weighted by Crippen LogP contribution is 2.32. The lowest BCUT2D eigenvalue weighted by Gasteiger charge is -2.27. The van der Waals surface area contributed by atoms with E-state index in [9.17, 15) is 4.79 Å². The van der Waals surface area contributed by atoms with Crippen LogP contribution in [0, 0.1) is 0 Å². The van der Waals surface area contributed by atoms with Crippen molar-refractivity contribution in [2.75, 3.05) is 13.2 Å². The van der Waals surface area contributed by atoms with E-state index in [1.54, 1.807) is 6.20 Å². The Kier molecular flexibility index (Phi) is 5.58. The number of aromatic nitrogens is 2. The molecule has 1 N–H and O–H groups in total. The number of nitrogens with zero attached hydrogens (tertiary/aromatic N) is 3. The number of likely N-dealkylation sites (tertiary alicyclic amines) is 1. The summed E-state index contributed by atoms with van der Waals surface area (Å²) in [4.78, 5) is 14.6. The molecule has 1 aliphatic rings. The van der Waals surface area contributed by atoms with E-state index in [0.29, 0.717) is 13.2 Å². The molecule has 25 heavy (non-hydrogen) atoms. The Bertz CT molecular complexity index is 669. The molecule has 0 radical (unpaired) electrons. The van der Waals surface area contributed by atoms with Crippen molar-refractivity contribution >= 4 is 6.03 Å². The Morgan fingerprint density at radius 3 is 2.88 bits per heavy atom. The van der Waals surface area contributed by atoms with Gasteiger partial charge in [-0.2, -0.15) is 5.10 Å². The first-order valence-electron chi connectivity index (χ1n) is 8.94. The van der Waals surface area contributed by atoms with Gasteiger partial charge >= 0.3 is 6.03 Å². The van der Waals surface area contributed by atoms with Crippen LogP contribution in [0.4, 0.5) is 4.79 Å². The Balaban J connectivity index is 1.61. The van der Waals surface area contributed by atoms with Gasteiger partial charge < -0.3 is 15.0 Å². The van der Waals surface area contributed by atoms with Gasteiger partial charge in [-0.3, -0.25) is 4.68 Å². The highest BCUT2D eigenvalue weighted by molar-refractivity contribution is 5.75. The maximum absolute atomic E-state index is 12.7. The summed E-state index contributed by atoms with van der Waals surface area (Å²) in [6, 6.07) is 10.1. The minimum atomic E-state index is -0.00367. The van der Waals surface area contributed by atoms with Gasteiger partial charge in [0.25, 0.3) is 0 Å². The third kappa shape index (κ3) is 4.32. The molecule has 2 amide bonds. The summed E-state index contributed by atoms with van der Waals surface area (Å²) in [5, 5.41) is 7.28. The molecule has 134 valence electrons. The Hall–Kier alpha value is -2.50. The molecular formula is C19H26N4O2. The van der Waals surface area contributed by atoms with Crippen LogP contribution < -0.4 is 10.1 Å². The monoisotopic (exact) mass is 342 g/mol. The standard InChI is InChI=1S/C19H26N4O2/c1-3-25-17-9-7-16(8-10-17)18-6-4-13-23(18)19(24)21-15(2)14-22-12-5-11-20-22/h5,7-12,15,18H,3-4,6,13-14H2,1-2H3,(H,21,24)/t15-,18-/m0/s1. The maximum atomic E-state index is 12.7. The molecule has 0 aliphatic carbocycles. The highest BCUT2D eigenvalue weighted by atomic mass is 16.5. The van der Waals surface area contributed by atoms with Crippen LogP contribution in [0.25, 0.3) is 0 Å². The molecule has 3 rings (SSSR count). The molecular weight excluding hydrogens is 316 g/mol. The SMILES string of the molecule is CCOc1ccc([C@@H]2CCCN2C(=O)N[C@@H](C)Cn2cccn2)cc1. The van der Waals surface area contributed by atoms with E-state index in [-0.39, 0.29) is 18.1 Å². The van der Waals surface area contributed by atoms with Gasteiger partial charge in [-0.1, -0.05) is 12.1 Å². The Morgan fingerprint density at radius 2 is 2.20 bits per heavy atom. The summed E-state index contributed by atoms with van der Waals surface area (Å²) >= 11 is 0.